The highest BCUT2D eigenvalue weighted by atomic mass is 19.1. The summed E-state index contributed by atoms with van der Waals surface area (Å²) in [6, 6.07) is 2.92. The molecule has 166 valence electrons. The molecule has 1 aromatic carbocycles. The van der Waals surface area contributed by atoms with Crippen LogP contribution in [0.4, 0.5) is 10.2 Å². The van der Waals surface area contributed by atoms with Crippen LogP contribution in [0.15, 0.2) is 12.1 Å². The van der Waals surface area contributed by atoms with Crippen molar-refractivity contribution in [2.24, 2.45) is 0 Å². The van der Waals surface area contributed by atoms with Crippen molar-refractivity contribution >= 4 is 5.82 Å². The Labute approximate surface area is 181 Å². The highest BCUT2D eigenvalue weighted by Gasteiger charge is 2.38. The van der Waals surface area contributed by atoms with Gasteiger partial charge in [0.05, 0.1) is 18.3 Å². The van der Waals surface area contributed by atoms with E-state index in [1.807, 2.05) is 0 Å². The van der Waals surface area contributed by atoms with Crippen LogP contribution in [-0.4, -0.2) is 32.6 Å². The average Bonchev–Trinajstić information content (AvgIpc) is 3.54. The summed E-state index contributed by atoms with van der Waals surface area (Å²) in [5.41, 5.74) is 9.26. The number of benzene rings is 1. The van der Waals surface area contributed by atoms with E-state index in [0.29, 0.717) is 29.1 Å². The number of rotatable bonds is 2. The van der Waals surface area contributed by atoms with Gasteiger partial charge >= 0.3 is 0 Å². The van der Waals surface area contributed by atoms with Crippen molar-refractivity contribution in [3.63, 3.8) is 0 Å². The minimum absolute atomic E-state index is 0.0359. The van der Waals surface area contributed by atoms with Gasteiger partial charge in [0, 0.05) is 23.1 Å². The lowest BCUT2D eigenvalue weighted by Gasteiger charge is -2.26. The van der Waals surface area contributed by atoms with Crippen LogP contribution in [-0.2, 0) is 11.2 Å². The standard InChI is InChI=1S/C18H18FN3O2.C6H12O/c19-13-6-11(14(23)7-10(13)8-1-2-8)17-16-12(18(20)22-21-17)5-9-3-4-15(16)24-9;7-6-4-2-1-3-5-6/h6-9,15,23H,1-5H2,(H2,20,22);6-7H,1-5H2. The van der Waals surface area contributed by atoms with Crippen LogP contribution >= 0.6 is 0 Å². The first-order valence-corrected chi connectivity index (χ1v) is 11.5. The molecule has 6 rings (SSSR count). The molecule has 2 bridgehead atoms. The Hall–Kier alpha value is -2.25. The van der Waals surface area contributed by atoms with E-state index in [2.05, 4.69) is 10.2 Å². The molecule has 7 heteroatoms. The van der Waals surface area contributed by atoms with Gasteiger partial charge in [-0.05, 0) is 62.1 Å². The van der Waals surface area contributed by atoms with Crippen molar-refractivity contribution in [2.45, 2.75) is 88.4 Å². The first-order chi connectivity index (χ1) is 15.0. The van der Waals surface area contributed by atoms with Crippen LogP contribution in [0, 0.1) is 5.82 Å². The van der Waals surface area contributed by atoms with E-state index in [1.165, 1.54) is 31.4 Å². The Bertz CT molecular complexity index is 973. The predicted octanol–water partition coefficient (Wildman–Crippen LogP) is 4.54. The molecule has 31 heavy (non-hydrogen) atoms. The van der Waals surface area contributed by atoms with Crippen molar-refractivity contribution in [3.05, 3.63) is 34.6 Å². The maximum absolute atomic E-state index is 14.5. The van der Waals surface area contributed by atoms with E-state index in [4.69, 9.17) is 15.6 Å². The van der Waals surface area contributed by atoms with E-state index in [9.17, 15) is 9.50 Å². The van der Waals surface area contributed by atoms with Crippen molar-refractivity contribution in [3.8, 4) is 17.0 Å². The summed E-state index contributed by atoms with van der Waals surface area (Å²) < 4.78 is 20.5. The molecule has 1 aromatic heterocycles. The van der Waals surface area contributed by atoms with Crippen molar-refractivity contribution in [1.82, 2.24) is 10.2 Å². The number of halogens is 1. The number of aliphatic hydroxyl groups excluding tert-OH is 1. The Morgan fingerprint density at radius 3 is 2.45 bits per heavy atom. The molecule has 2 unspecified atom stereocenters. The lowest BCUT2D eigenvalue weighted by Crippen LogP contribution is -2.21. The molecular weight excluding hydrogens is 397 g/mol. The van der Waals surface area contributed by atoms with Crippen molar-refractivity contribution < 1.29 is 19.3 Å². The maximum atomic E-state index is 14.5. The van der Waals surface area contributed by atoms with Gasteiger partial charge in [-0.2, -0.15) is 0 Å². The number of hydrogen-bond donors (Lipinski definition) is 3. The van der Waals surface area contributed by atoms with Gasteiger partial charge in [-0.15, -0.1) is 10.2 Å². The number of anilines is 1. The van der Waals surface area contributed by atoms with Gasteiger partial charge in [-0.1, -0.05) is 19.3 Å². The second-order valence-electron chi connectivity index (χ2n) is 9.31. The number of phenols is 1. The molecule has 2 aliphatic heterocycles. The smallest absolute Gasteiger partial charge is 0.149 e. The second-order valence-corrected chi connectivity index (χ2v) is 9.31. The number of ether oxygens (including phenoxy) is 1. The second kappa shape index (κ2) is 8.36. The maximum Gasteiger partial charge on any atom is 0.149 e. The summed E-state index contributed by atoms with van der Waals surface area (Å²) in [4.78, 5) is 0. The van der Waals surface area contributed by atoms with E-state index in [0.717, 1.165) is 49.7 Å². The number of hydrogen-bond acceptors (Lipinski definition) is 6. The molecule has 1 saturated heterocycles. The third-order valence-corrected chi connectivity index (χ3v) is 6.97. The van der Waals surface area contributed by atoms with Gasteiger partial charge in [-0.25, -0.2) is 4.39 Å². The monoisotopic (exact) mass is 427 g/mol. The van der Waals surface area contributed by atoms with Gasteiger partial charge in [-0.3, -0.25) is 0 Å². The van der Waals surface area contributed by atoms with Gasteiger partial charge in [0.1, 0.15) is 23.1 Å². The van der Waals surface area contributed by atoms with E-state index in [-0.39, 0.29) is 35.8 Å². The van der Waals surface area contributed by atoms with Crippen LogP contribution in [0.5, 0.6) is 5.75 Å². The molecule has 0 spiro atoms. The fraction of sp³-hybridized carbons (Fsp3) is 0.583. The van der Waals surface area contributed by atoms with E-state index >= 15 is 0 Å². The molecule has 3 fully saturated rings. The van der Waals surface area contributed by atoms with E-state index < -0.39 is 0 Å². The van der Waals surface area contributed by atoms with Gasteiger partial charge in [0.25, 0.3) is 0 Å². The summed E-state index contributed by atoms with van der Waals surface area (Å²) in [5, 5.41) is 27.6. The summed E-state index contributed by atoms with van der Waals surface area (Å²) in [6.45, 7) is 0. The summed E-state index contributed by atoms with van der Waals surface area (Å²) in [5.74, 6) is 0.386. The minimum atomic E-state index is -0.293. The third kappa shape index (κ3) is 4.13. The molecule has 2 atom stereocenters. The predicted molar refractivity (Wildman–Crippen MR) is 115 cm³/mol. The van der Waals surface area contributed by atoms with Crippen LogP contribution in [0.3, 0.4) is 0 Å². The number of aromatic nitrogens is 2. The minimum Gasteiger partial charge on any atom is -0.507 e. The Morgan fingerprint density at radius 1 is 1.00 bits per heavy atom. The normalized spacial score (nSPS) is 25.0. The van der Waals surface area contributed by atoms with Crippen molar-refractivity contribution in [1.29, 1.82) is 0 Å². The number of aromatic hydroxyl groups is 1. The van der Waals surface area contributed by atoms with Crippen LogP contribution < -0.4 is 5.73 Å². The van der Waals surface area contributed by atoms with Crippen LogP contribution in [0.2, 0.25) is 0 Å². The average molecular weight is 428 g/mol. The Balaban J connectivity index is 0.000000250. The first kappa shape index (κ1) is 20.6. The topological polar surface area (TPSA) is 101 Å². The highest BCUT2D eigenvalue weighted by Crippen LogP contribution is 2.48. The van der Waals surface area contributed by atoms with Gasteiger partial charge < -0.3 is 20.7 Å². The molecule has 3 heterocycles. The fourth-order valence-corrected chi connectivity index (χ4v) is 5.11. The number of fused-ring (bicyclic) bond motifs is 4. The first-order valence-electron chi connectivity index (χ1n) is 11.5. The highest BCUT2D eigenvalue weighted by molar-refractivity contribution is 5.73. The molecule has 4 aliphatic rings. The number of aliphatic hydroxyl groups is 1. The number of nitrogens with two attached hydrogens (primary N) is 1. The van der Waals surface area contributed by atoms with Crippen molar-refractivity contribution in [2.75, 3.05) is 5.73 Å². The van der Waals surface area contributed by atoms with Gasteiger partial charge in [0.2, 0.25) is 0 Å². The largest absolute Gasteiger partial charge is 0.507 e. The van der Waals surface area contributed by atoms with Gasteiger partial charge in [0.15, 0.2) is 0 Å². The molecule has 2 aliphatic carbocycles. The quantitative estimate of drug-likeness (QED) is 0.651. The number of nitrogens with zero attached hydrogens (tertiary/aromatic N) is 2. The van der Waals surface area contributed by atoms with Crippen LogP contribution in [0.1, 0.15) is 86.5 Å². The summed E-state index contributed by atoms with van der Waals surface area (Å²) >= 11 is 0. The van der Waals surface area contributed by atoms with E-state index in [1.54, 1.807) is 0 Å². The molecule has 2 saturated carbocycles. The van der Waals surface area contributed by atoms with Crippen LogP contribution in [0.25, 0.3) is 11.3 Å². The SMILES string of the molecule is Nc1nnc(-c2cc(F)c(C3CC3)cc2O)c2c1CC1CCC2O1.OC1CCCCC1. The Kier molecular flexibility index (Phi) is 5.56. The fourth-order valence-electron chi connectivity index (χ4n) is 5.11. The molecule has 4 N–H and O–H groups in total. The lowest BCUT2D eigenvalue weighted by atomic mass is 9.93. The zero-order valence-electron chi connectivity index (χ0n) is 17.7. The lowest BCUT2D eigenvalue weighted by molar-refractivity contribution is 0.0325. The summed E-state index contributed by atoms with van der Waals surface area (Å²) in [7, 11) is 0. The summed E-state index contributed by atoms with van der Waals surface area (Å²) in [6.07, 6.45) is 10.5. The Morgan fingerprint density at radius 2 is 1.77 bits per heavy atom. The zero-order chi connectivity index (χ0) is 21.5. The molecule has 0 amide bonds. The number of phenolic OH excluding ortho intramolecular Hbond substituents is 1. The third-order valence-electron chi connectivity index (χ3n) is 6.97. The number of nitrogen functional groups attached to an aromatic ring is 1. The molecular formula is C24H30FN3O3. The zero-order valence-corrected chi connectivity index (χ0v) is 17.7. The molecule has 0 radical (unpaired) electrons. The molecule has 6 nitrogen and oxygen atoms in total. The molecule has 2 aromatic rings.